The zero-order chi connectivity index (χ0) is 18.4. The molecule has 6 heteroatoms. The number of carbonyl (C=O) groups excluding carboxylic acids is 1. The van der Waals surface area contributed by atoms with Gasteiger partial charge in [-0.2, -0.15) is 0 Å². The second-order valence-electron chi connectivity index (χ2n) is 7.17. The largest absolute Gasteiger partial charge is 0.494 e. The third-order valence-corrected chi connectivity index (χ3v) is 5.55. The topological polar surface area (TPSA) is 42.0 Å². The van der Waals surface area contributed by atoms with Crippen molar-refractivity contribution < 1.29 is 18.7 Å². The molecular formula is C20H29FN2O3. The summed E-state index contributed by atoms with van der Waals surface area (Å²) >= 11 is 0. The smallest absolute Gasteiger partial charge is 0.243 e. The highest BCUT2D eigenvalue weighted by atomic mass is 19.1. The first-order valence-electron chi connectivity index (χ1n) is 9.57. The second kappa shape index (κ2) is 8.82. The summed E-state index contributed by atoms with van der Waals surface area (Å²) in [6.07, 6.45) is 4.88. The van der Waals surface area contributed by atoms with Gasteiger partial charge in [0.2, 0.25) is 5.91 Å². The van der Waals surface area contributed by atoms with E-state index in [0.29, 0.717) is 25.5 Å². The molecule has 0 saturated carbocycles. The zero-order valence-electron chi connectivity index (χ0n) is 15.6. The maximum Gasteiger partial charge on any atom is 0.243 e. The van der Waals surface area contributed by atoms with Crippen LogP contribution in [0.25, 0.3) is 0 Å². The highest BCUT2D eigenvalue weighted by Crippen LogP contribution is 2.38. The van der Waals surface area contributed by atoms with E-state index in [4.69, 9.17) is 9.47 Å². The minimum absolute atomic E-state index is 0.259. The molecule has 3 rings (SSSR count). The summed E-state index contributed by atoms with van der Waals surface area (Å²) in [5.74, 6) is 0.699. The third kappa shape index (κ3) is 4.18. The summed E-state index contributed by atoms with van der Waals surface area (Å²) < 4.78 is 23.8. The van der Waals surface area contributed by atoms with Gasteiger partial charge in [-0.3, -0.25) is 9.69 Å². The van der Waals surface area contributed by atoms with Crippen molar-refractivity contribution in [1.29, 1.82) is 0 Å². The van der Waals surface area contributed by atoms with E-state index in [1.165, 1.54) is 12.1 Å². The number of carbonyl (C=O) groups is 1. The summed E-state index contributed by atoms with van der Waals surface area (Å²) in [5.41, 5.74) is -0.318. The Morgan fingerprint density at radius 2 is 1.81 bits per heavy atom. The van der Waals surface area contributed by atoms with Crippen LogP contribution in [0, 0.1) is 5.82 Å². The minimum Gasteiger partial charge on any atom is -0.494 e. The number of amides is 1. The van der Waals surface area contributed by atoms with Crippen molar-refractivity contribution in [2.24, 2.45) is 0 Å². The lowest BCUT2D eigenvalue weighted by molar-refractivity contribution is -0.148. The molecule has 2 fully saturated rings. The van der Waals surface area contributed by atoms with E-state index in [1.807, 2.05) is 4.90 Å². The Kier molecular flexibility index (Phi) is 6.48. The zero-order valence-corrected chi connectivity index (χ0v) is 15.6. The van der Waals surface area contributed by atoms with Crippen molar-refractivity contribution in [3.05, 3.63) is 30.1 Å². The van der Waals surface area contributed by atoms with Gasteiger partial charge >= 0.3 is 0 Å². The van der Waals surface area contributed by atoms with Gasteiger partial charge in [-0.25, -0.2) is 4.39 Å². The van der Waals surface area contributed by atoms with Gasteiger partial charge in [-0.1, -0.05) is 0 Å². The van der Waals surface area contributed by atoms with Crippen LogP contribution in [0.1, 0.15) is 32.1 Å². The number of benzene rings is 1. The molecule has 1 atom stereocenters. The predicted octanol–water partition coefficient (Wildman–Crippen LogP) is 2.70. The molecule has 2 saturated heterocycles. The molecular weight excluding hydrogens is 335 g/mol. The Balaban J connectivity index is 1.52. The van der Waals surface area contributed by atoms with Crippen molar-refractivity contribution in [3.63, 3.8) is 0 Å². The average Bonchev–Trinajstić information content (AvgIpc) is 3.05. The van der Waals surface area contributed by atoms with Crippen molar-refractivity contribution in [2.75, 3.05) is 46.5 Å². The molecule has 1 amide bonds. The molecule has 1 aromatic rings. The quantitative estimate of drug-likeness (QED) is 0.665. The van der Waals surface area contributed by atoms with Crippen molar-refractivity contribution in [1.82, 2.24) is 9.80 Å². The normalized spacial score (nSPS) is 23.8. The summed E-state index contributed by atoms with van der Waals surface area (Å²) in [4.78, 5) is 17.4. The van der Waals surface area contributed by atoms with E-state index in [1.54, 1.807) is 19.2 Å². The number of nitrogens with zero attached hydrogens (tertiary/aromatic N) is 2. The molecule has 2 aliphatic rings. The fourth-order valence-corrected chi connectivity index (χ4v) is 4.24. The van der Waals surface area contributed by atoms with Crippen LogP contribution in [-0.2, 0) is 9.53 Å². The number of halogens is 1. The molecule has 2 aliphatic heterocycles. The molecule has 0 N–H and O–H groups in total. The molecule has 144 valence electrons. The molecule has 26 heavy (non-hydrogen) atoms. The van der Waals surface area contributed by atoms with Crippen molar-refractivity contribution in [2.45, 2.75) is 37.6 Å². The van der Waals surface area contributed by atoms with Gasteiger partial charge in [0.25, 0.3) is 0 Å². The van der Waals surface area contributed by atoms with E-state index in [-0.39, 0.29) is 17.3 Å². The summed E-state index contributed by atoms with van der Waals surface area (Å²) in [6, 6.07) is 6.09. The molecule has 0 radical (unpaired) electrons. The summed E-state index contributed by atoms with van der Waals surface area (Å²) in [5, 5.41) is 0. The molecule has 1 spiro atoms. The SMILES string of the molecule is COCCN1CCCC2(CCCN2CCCOc2ccc(F)cc2)C1=O. The predicted molar refractivity (Wildman–Crippen MR) is 97.7 cm³/mol. The first-order valence-corrected chi connectivity index (χ1v) is 9.57. The molecule has 0 bridgehead atoms. The fraction of sp³-hybridized carbons (Fsp3) is 0.650. The fourth-order valence-electron chi connectivity index (χ4n) is 4.24. The number of piperidine rings is 1. The van der Waals surface area contributed by atoms with Gasteiger partial charge in [-0.05, 0) is 62.9 Å². The number of rotatable bonds is 8. The highest BCUT2D eigenvalue weighted by molar-refractivity contribution is 5.87. The number of hydrogen-bond donors (Lipinski definition) is 0. The van der Waals surface area contributed by atoms with Gasteiger partial charge < -0.3 is 14.4 Å². The van der Waals surface area contributed by atoms with Gasteiger partial charge in [-0.15, -0.1) is 0 Å². The van der Waals surface area contributed by atoms with Gasteiger partial charge in [0, 0.05) is 26.7 Å². The Labute approximate surface area is 155 Å². The maximum absolute atomic E-state index is 13.1. The van der Waals surface area contributed by atoms with Gasteiger partial charge in [0.1, 0.15) is 17.1 Å². The lowest BCUT2D eigenvalue weighted by Gasteiger charge is -2.44. The van der Waals surface area contributed by atoms with E-state index in [9.17, 15) is 9.18 Å². The Morgan fingerprint density at radius 1 is 1.08 bits per heavy atom. The van der Waals surface area contributed by atoms with Gasteiger partial charge in [0.05, 0.1) is 13.2 Å². The van der Waals surface area contributed by atoms with Crippen LogP contribution >= 0.6 is 0 Å². The Bertz CT molecular complexity index is 595. The van der Waals surface area contributed by atoms with Crippen LogP contribution in [0.3, 0.4) is 0 Å². The second-order valence-corrected chi connectivity index (χ2v) is 7.17. The molecule has 2 heterocycles. The number of methoxy groups -OCH3 is 1. The van der Waals surface area contributed by atoms with Gasteiger partial charge in [0.15, 0.2) is 0 Å². The minimum atomic E-state index is -0.318. The Morgan fingerprint density at radius 3 is 2.54 bits per heavy atom. The summed E-state index contributed by atoms with van der Waals surface area (Å²) in [7, 11) is 1.67. The number of likely N-dealkylation sites (tertiary alicyclic amines) is 2. The Hall–Kier alpha value is -1.66. The van der Waals surface area contributed by atoms with Crippen LogP contribution in [0.15, 0.2) is 24.3 Å². The lowest BCUT2D eigenvalue weighted by atomic mass is 9.85. The van der Waals surface area contributed by atoms with Crippen LogP contribution in [0.5, 0.6) is 5.75 Å². The molecule has 1 aromatic carbocycles. The monoisotopic (exact) mass is 364 g/mol. The van der Waals surface area contributed by atoms with Crippen LogP contribution in [-0.4, -0.2) is 67.7 Å². The third-order valence-electron chi connectivity index (χ3n) is 5.55. The molecule has 0 aromatic heterocycles. The first-order chi connectivity index (χ1) is 12.7. The lowest BCUT2D eigenvalue weighted by Crippen LogP contribution is -2.60. The average molecular weight is 364 g/mol. The highest BCUT2D eigenvalue weighted by Gasteiger charge is 2.50. The number of hydrogen-bond acceptors (Lipinski definition) is 4. The van der Waals surface area contributed by atoms with E-state index < -0.39 is 0 Å². The number of ether oxygens (including phenoxy) is 2. The van der Waals surface area contributed by atoms with Crippen molar-refractivity contribution in [3.8, 4) is 5.75 Å². The first kappa shape index (κ1) is 19.1. The maximum atomic E-state index is 13.1. The molecule has 0 aliphatic carbocycles. The van der Waals surface area contributed by atoms with Crippen LogP contribution in [0.4, 0.5) is 4.39 Å². The van der Waals surface area contributed by atoms with Crippen LogP contribution < -0.4 is 4.74 Å². The molecule has 1 unspecified atom stereocenters. The van der Waals surface area contributed by atoms with Crippen LogP contribution in [0.2, 0.25) is 0 Å². The van der Waals surface area contributed by atoms with E-state index in [2.05, 4.69) is 4.90 Å². The van der Waals surface area contributed by atoms with Crippen molar-refractivity contribution >= 4 is 5.91 Å². The summed E-state index contributed by atoms with van der Waals surface area (Å²) in [6.45, 7) is 4.50. The van der Waals surface area contributed by atoms with E-state index >= 15 is 0 Å². The van der Waals surface area contributed by atoms with E-state index in [0.717, 1.165) is 51.7 Å². The molecule has 5 nitrogen and oxygen atoms in total. The standard InChI is InChI=1S/C20H29FN2O3/c1-25-16-14-22-11-2-9-20(19(22)24)10-3-12-23(20)13-4-15-26-18-7-5-17(21)6-8-18/h5-8H,2-4,9-16H2,1H3.